The van der Waals surface area contributed by atoms with Gasteiger partial charge in [0.15, 0.2) is 11.0 Å². The predicted octanol–water partition coefficient (Wildman–Crippen LogP) is 6.11. The van der Waals surface area contributed by atoms with Crippen molar-refractivity contribution in [1.29, 1.82) is 0 Å². The molecule has 3 aromatic carbocycles. The molecule has 1 saturated heterocycles. The minimum Gasteiger partial charge on any atom is -0.497 e. The topological polar surface area (TPSA) is 120 Å². The number of amidine groups is 1. The van der Waals surface area contributed by atoms with Crippen LogP contribution in [0.15, 0.2) is 78.0 Å². The number of amides is 3. The number of halogens is 3. The van der Waals surface area contributed by atoms with Crippen molar-refractivity contribution in [3.63, 3.8) is 0 Å². The van der Waals surface area contributed by atoms with E-state index in [0.717, 1.165) is 29.5 Å². The summed E-state index contributed by atoms with van der Waals surface area (Å²) in [5.41, 5.74) is 6.07. The zero-order chi connectivity index (χ0) is 32.7. The van der Waals surface area contributed by atoms with Crippen LogP contribution in [0.25, 0.3) is 17.1 Å². The molecule has 3 amide bonds. The summed E-state index contributed by atoms with van der Waals surface area (Å²) in [6, 6.07) is 17.5. The van der Waals surface area contributed by atoms with Gasteiger partial charge in [-0.2, -0.15) is 4.99 Å². The van der Waals surface area contributed by atoms with E-state index in [-0.39, 0.29) is 29.2 Å². The monoisotopic (exact) mass is 654 g/mol. The number of aromatic nitrogens is 3. The van der Waals surface area contributed by atoms with Crippen molar-refractivity contribution in [2.75, 3.05) is 24.4 Å². The molecule has 1 N–H and O–H groups in total. The van der Waals surface area contributed by atoms with Gasteiger partial charge in [0, 0.05) is 11.6 Å². The van der Waals surface area contributed by atoms with Crippen LogP contribution in [0.3, 0.4) is 0 Å². The lowest BCUT2D eigenvalue weighted by molar-refractivity contribution is -0.274. The molecule has 0 atom stereocenters. The molecule has 1 fully saturated rings. The van der Waals surface area contributed by atoms with Crippen molar-refractivity contribution < 1.29 is 37.1 Å². The maximum atomic E-state index is 12.7. The molecule has 240 valence electrons. The van der Waals surface area contributed by atoms with Gasteiger partial charge in [-0.05, 0) is 54.3 Å². The zero-order valence-electron chi connectivity index (χ0n) is 24.8. The third-order valence-electron chi connectivity index (χ3n) is 6.71. The van der Waals surface area contributed by atoms with E-state index in [0.29, 0.717) is 29.4 Å². The molecule has 4 aromatic rings. The Morgan fingerprint density at radius 3 is 2.48 bits per heavy atom. The molecule has 0 aliphatic carbocycles. The molecule has 15 heteroatoms. The van der Waals surface area contributed by atoms with Crippen LogP contribution in [0.4, 0.5) is 23.7 Å². The molecule has 1 aliphatic heterocycles. The first-order chi connectivity index (χ1) is 22.1. The number of anilines is 1. The van der Waals surface area contributed by atoms with E-state index < -0.39 is 12.4 Å². The summed E-state index contributed by atoms with van der Waals surface area (Å²) in [6.07, 6.45) is -1.19. The van der Waals surface area contributed by atoms with Gasteiger partial charge in [0.05, 0.1) is 30.8 Å². The van der Waals surface area contributed by atoms with E-state index >= 15 is 0 Å². The molecule has 0 unspecified atom stereocenters. The van der Waals surface area contributed by atoms with E-state index in [4.69, 9.17) is 9.57 Å². The van der Waals surface area contributed by atoms with E-state index in [9.17, 15) is 22.8 Å². The fourth-order valence-electron chi connectivity index (χ4n) is 4.57. The van der Waals surface area contributed by atoms with Crippen molar-refractivity contribution in [2.45, 2.75) is 32.5 Å². The van der Waals surface area contributed by atoms with Gasteiger partial charge >= 0.3 is 12.4 Å². The van der Waals surface area contributed by atoms with Crippen LogP contribution in [0.2, 0.25) is 0 Å². The van der Waals surface area contributed by atoms with Crippen LogP contribution in [0.1, 0.15) is 24.5 Å². The van der Waals surface area contributed by atoms with Gasteiger partial charge in [-0.25, -0.2) is 19.9 Å². The molecule has 46 heavy (non-hydrogen) atoms. The first-order valence-corrected chi connectivity index (χ1v) is 15.1. The van der Waals surface area contributed by atoms with Gasteiger partial charge in [0.2, 0.25) is 5.91 Å². The van der Waals surface area contributed by atoms with Gasteiger partial charge in [-0.3, -0.25) is 14.5 Å². The molecule has 5 rings (SSSR count). The van der Waals surface area contributed by atoms with Crippen LogP contribution in [-0.4, -0.2) is 57.7 Å². The van der Waals surface area contributed by atoms with E-state index in [2.05, 4.69) is 25.3 Å². The lowest BCUT2D eigenvalue weighted by Crippen LogP contribution is -2.32. The SMILES string of the molecule is CCCc1ccc(OC)cc1N1C(=O)CSC1=NC(=O)NOCCc1ccc(-c2ncn(-c3ccc(OC(F)(F)F)cc3)n2)cc1. The highest BCUT2D eigenvalue weighted by molar-refractivity contribution is 8.15. The highest BCUT2D eigenvalue weighted by Gasteiger charge is 2.32. The number of benzene rings is 3. The van der Waals surface area contributed by atoms with Crippen molar-refractivity contribution in [3.8, 4) is 28.6 Å². The molecular weight excluding hydrogens is 625 g/mol. The van der Waals surface area contributed by atoms with Crippen molar-refractivity contribution >= 4 is 34.6 Å². The Morgan fingerprint density at radius 1 is 1.04 bits per heavy atom. The Labute approximate surface area is 266 Å². The first-order valence-electron chi connectivity index (χ1n) is 14.1. The molecule has 0 saturated carbocycles. The second-order valence-electron chi connectivity index (χ2n) is 9.91. The maximum Gasteiger partial charge on any atom is 0.573 e. The van der Waals surface area contributed by atoms with Crippen LogP contribution in [0.5, 0.6) is 11.5 Å². The summed E-state index contributed by atoms with van der Waals surface area (Å²) in [5.74, 6) is 0.679. The minimum absolute atomic E-state index is 0.162. The Morgan fingerprint density at radius 2 is 1.78 bits per heavy atom. The van der Waals surface area contributed by atoms with E-state index in [1.165, 1.54) is 51.9 Å². The fourth-order valence-corrected chi connectivity index (χ4v) is 5.43. The van der Waals surface area contributed by atoms with E-state index in [1.54, 1.807) is 13.2 Å². The average Bonchev–Trinajstić information content (AvgIpc) is 3.67. The number of aryl methyl sites for hydroxylation is 1. The normalized spacial score (nSPS) is 14.2. The zero-order valence-corrected chi connectivity index (χ0v) is 25.6. The van der Waals surface area contributed by atoms with Crippen molar-refractivity contribution in [1.82, 2.24) is 20.2 Å². The number of rotatable bonds is 11. The Balaban J connectivity index is 1.13. The van der Waals surface area contributed by atoms with Gasteiger partial charge in [0.1, 0.15) is 17.8 Å². The standard InChI is InChI=1S/C31H29F3N6O5S/c1-3-4-21-9-12-25(43-2)17-26(21)40-27(41)18-46-30(40)36-29(42)38-44-16-15-20-5-7-22(8-6-20)28-35-19-39(37-28)23-10-13-24(14-11-23)45-31(32,33)34/h5-14,17,19H,3-4,15-16,18H2,1-2H3,(H,38,42). The maximum absolute atomic E-state index is 12.7. The quantitative estimate of drug-likeness (QED) is 0.152. The number of carbonyl (C=O) groups is 2. The molecule has 0 bridgehead atoms. The van der Waals surface area contributed by atoms with E-state index in [1.807, 2.05) is 43.3 Å². The average molecular weight is 655 g/mol. The fraction of sp³-hybridized carbons (Fsp3) is 0.258. The summed E-state index contributed by atoms with van der Waals surface area (Å²) in [4.78, 5) is 40.4. The van der Waals surface area contributed by atoms with Gasteiger partial charge in [-0.15, -0.1) is 18.3 Å². The third-order valence-corrected chi connectivity index (χ3v) is 7.63. The summed E-state index contributed by atoms with van der Waals surface area (Å²) < 4.78 is 47.9. The number of carbonyl (C=O) groups excluding carboxylic acids is 2. The van der Waals surface area contributed by atoms with Crippen LogP contribution < -0.4 is 19.9 Å². The Kier molecular flexibility index (Phi) is 10.2. The van der Waals surface area contributed by atoms with Crippen LogP contribution in [0, 0.1) is 0 Å². The second kappa shape index (κ2) is 14.5. The van der Waals surface area contributed by atoms with Crippen molar-refractivity contribution in [2.24, 2.45) is 4.99 Å². The first kappa shape index (κ1) is 32.5. The highest BCUT2D eigenvalue weighted by Crippen LogP contribution is 2.33. The molecule has 0 radical (unpaired) electrons. The molecule has 1 aromatic heterocycles. The van der Waals surface area contributed by atoms with Crippen LogP contribution >= 0.6 is 11.8 Å². The van der Waals surface area contributed by atoms with Crippen molar-refractivity contribution in [3.05, 3.63) is 84.2 Å². The van der Waals surface area contributed by atoms with Crippen LogP contribution in [-0.2, 0) is 22.5 Å². The number of aliphatic imine (C=N–C) groups is 1. The highest BCUT2D eigenvalue weighted by atomic mass is 32.2. The van der Waals surface area contributed by atoms with Gasteiger partial charge in [0.25, 0.3) is 0 Å². The summed E-state index contributed by atoms with van der Waals surface area (Å²) in [5, 5.41) is 4.66. The smallest absolute Gasteiger partial charge is 0.497 e. The Bertz CT molecular complexity index is 1710. The number of hydroxylamine groups is 1. The number of nitrogens with zero attached hydrogens (tertiary/aromatic N) is 5. The number of thioether (sulfide) groups is 1. The number of alkyl halides is 3. The summed E-state index contributed by atoms with van der Waals surface area (Å²) in [7, 11) is 1.55. The summed E-state index contributed by atoms with van der Waals surface area (Å²) in [6.45, 7) is 2.22. The number of hydrogen-bond donors (Lipinski definition) is 1. The molecule has 1 aliphatic rings. The lowest BCUT2D eigenvalue weighted by atomic mass is 10.1. The number of urea groups is 1. The second-order valence-corrected chi connectivity index (χ2v) is 10.9. The molecule has 0 spiro atoms. The largest absolute Gasteiger partial charge is 0.573 e. The number of ether oxygens (including phenoxy) is 2. The third kappa shape index (κ3) is 8.22. The van der Waals surface area contributed by atoms with Gasteiger partial charge in [-0.1, -0.05) is 55.4 Å². The predicted molar refractivity (Wildman–Crippen MR) is 166 cm³/mol. The number of methoxy groups -OCH3 is 1. The Hall–Kier alpha value is -4.89. The molecule has 11 nitrogen and oxygen atoms in total. The molecular formula is C31H29F3N6O5S. The summed E-state index contributed by atoms with van der Waals surface area (Å²) >= 11 is 1.18. The van der Waals surface area contributed by atoms with Gasteiger partial charge < -0.3 is 9.47 Å². The molecule has 2 heterocycles. The number of hydrogen-bond acceptors (Lipinski definition) is 8. The number of nitrogens with one attached hydrogen (secondary N) is 1. The lowest BCUT2D eigenvalue weighted by Gasteiger charge is -2.20. The minimum atomic E-state index is -4.76.